The van der Waals surface area contributed by atoms with Gasteiger partial charge in [-0.05, 0) is 11.6 Å². The molecule has 0 aliphatic carbocycles. The molecule has 0 aromatic carbocycles. The highest BCUT2D eigenvalue weighted by atomic mass is 19.3. The van der Waals surface area contributed by atoms with E-state index >= 15 is 0 Å². The van der Waals surface area contributed by atoms with E-state index in [0.717, 1.165) is 0 Å². The van der Waals surface area contributed by atoms with E-state index in [1.165, 1.54) is 6.07 Å². The largest absolute Gasteiger partial charge is 0.326 e. The van der Waals surface area contributed by atoms with Crippen molar-refractivity contribution in [1.29, 1.82) is 10.5 Å². The van der Waals surface area contributed by atoms with Gasteiger partial charge < -0.3 is 5.73 Å². The molecule has 0 bridgehead atoms. The van der Waals surface area contributed by atoms with Crippen LogP contribution in [0.4, 0.5) is 8.78 Å². The van der Waals surface area contributed by atoms with E-state index in [4.69, 9.17) is 16.3 Å². The molecule has 0 unspecified atom stereocenters. The highest BCUT2D eigenvalue weighted by Crippen LogP contribution is 2.23. The first-order valence-corrected chi connectivity index (χ1v) is 4.42. The molecule has 0 fully saturated rings. The highest BCUT2D eigenvalue weighted by Gasteiger charge is 2.18. The summed E-state index contributed by atoms with van der Waals surface area (Å²) in [4.78, 5) is 3.54. The van der Waals surface area contributed by atoms with Crippen molar-refractivity contribution < 1.29 is 8.78 Å². The molecule has 0 spiro atoms. The second-order valence-electron chi connectivity index (χ2n) is 2.99. The fourth-order valence-electron chi connectivity index (χ4n) is 1.28. The fraction of sp³-hybridized carbons (Fsp3) is 0.300. The Morgan fingerprint density at radius 2 is 2.06 bits per heavy atom. The zero-order valence-electron chi connectivity index (χ0n) is 8.24. The summed E-state index contributed by atoms with van der Waals surface area (Å²) >= 11 is 0. The van der Waals surface area contributed by atoms with Crippen molar-refractivity contribution >= 4 is 0 Å². The van der Waals surface area contributed by atoms with E-state index < -0.39 is 12.1 Å². The van der Waals surface area contributed by atoms with Crippen LogP contribution < -0.4 is 5.73 Å². The molecule has 82 valence electrons. The number of nitrogens with two attached hydrogens (primary N) is 1. The lowest BCUT2D eigenvalue weighted by Crippen LogP contribution is -2.07. The summed E-state index contributed by atoms with van der Waals surface area (Å²) in [6.07, 6.45) is -2.98. The second-order valence-corrected chi connectivity index (χ2v) is 2.99. The van der Waals surface area contributed by atoms with Crippen LogP contribution in [0.3, 0.4) is 0 Å². The molecule has 0 aliphatic rings. The Hall–Kier alpha value is -2.05. The number of hydrogen-bond donors (Lipinski definition) is 1. The molecular formula is C10H8F2N4. The third-order valence-electron chi connectivity index (χ3n) is 2.02. The zero-order chi connectivity index (χ0) is 12.1. The van der Waals surface area contributed by atoms with Crippen LogP contribution >= 0.6 is 0 Å². The van der Waals surface area contributed by atoms with E-state index in [1.807, 2.05) is 0 Å². The van der Waals surface area contributed by atoms with Crippen molar-refractivity contribution in [1.82, 2.24) is 4.98 Å². The van der Waals surface area contributed by atoms with Crippen LogP contribution in [0.15, 0.2) is 6.07 Å². The van der Waals surface area contributed by atoms with Gasteiger partial charge >= 0.3 is 0 Å². The number of aromatic nitrogens is 1. The second kappa shape index (κ2) is 5.15. The molecule has 0 amide bonds. The monoisotopic (exact) mass is 222 g/mol. The normalized spacial score (nSPS) is 9.88. The summed E-state index contributed by atoms with van der Waals surface area (Å²) in [5.41, 5.74) is 5.22. The third kappa shape index (κ3) is 2.30. The van der Waals surface area contributed by atoms with Gasteiger partial charge in [0.25, 0.3) is 6.43 Å². The summed E-state index contributed by atoms with van der Waals surface area (Å²) in [6.45, 7) is 0.0256. The van der Waals surface area contributed by atoms with E-state index in [9.17, 15) is 8.78 Å². The standard InChI is InChI=1S/C10H8F2N4/c11-10(12)9-6(1-2-13)3-7(4-14)8(5-15)16-9/h3,10H,1,4,14H2. The lowest BCUT2D eigenvalue weighted by atomic mass is 10.1. The third-order valence-corrected chi connectivity index (χ3v) is 2.02. The van der Waals surface area contributed by atoms with Crippen LogP contribution in [-0.4, -0.2) is 4.98 Å². The first kappa shape index (κ1) is 12.0. The molecule has 0 saturated heterocycles. The predicted octanol–water partition coefficient (Wildman–Crippen LogP) is 1.42. The first-order chi connectivity index (χ1) is 7.63. The summed E-state index contributed by atoms with van der Waals surface area (Å²) in [7, 11) is 0. The van der Waals surface area contributed by atoms with Gasteiger partial charge in [0.15, 0.2) is 0 Å². The minimum atomic E-state index is -2.80. The molecule has 4 nitrogen and oxygen atoms in total. The van der Waals surface area contributed by atoms with Crippen LogP contribution in [0, 0.1) is 22.7 Å². The van der Waals surface area contributed by atoms with Crippen molar-refractivity contribution in [3.63, 3.8) is 0 Å². The average molecular weight is 222 g/mol. The number of rotatable bonds is 3. The SMILES string of the molecule is N#CCc1cc(CN)c(C#N)nc1C(F)F. The molecule has 0 radical (unpaired) electrons. The Morgan fingerprint density at radius 1 is 1.38 bits per heavy atom. The zero-order valence-corrected chi connectivity index (χ0v) is 8.24. The maximum atomic E-state index is 12.6. The Balaban J connectivity index is 3.38. The van der Waals surface area contributed by atoms with Gasteiger partial charge in [0.2, 0.25) is 0 Å². The van der Waals surface area contributed by atoms with Gasteiger partial charge in [-0.15, -0.1) is 0 Å². The van der Waals surface area contributed by atoms with Crippen LogP contribution in [0.25, 0.3) is 0 Å². The van der Waals surface area contributed by atoms with E-state index in [1.54, 1.807) is 12.1 Å². The van der Waals surface area contributed by atoms with Crippen molar-refractivity contribution in [2.45, 2.75) is 19.4 Å². The maximum absolute atomic E-state index is 12.6. The van der Waals surface area contributed by atoms with Crippen LogP contribution in [0.5, 0.6) is 0 Å². The summed E-state index contributed by atoms with van der Waals surface area (Å²) in [5.74, 6) is 0. The van der Waals surface area contributed by atoms with Crippen molar-refractivity contribution in [3.8, 4) is 12.1 Å². The summed E-state index contributed by atoms with van der Waals surface area (Å²) in [5, 5.41) is 17.2. The molecule has 2 N–H and O–H groups in total. The molecule has 0 atom stereocenters. The van der Waals surface area contributed by atoms with Crippen molar-refractivity contribution in [2.24, 2.45) is 5.73 Å². The molecule has 1 rings (SSSR count). The molecule has 1 heterocycles. The number of hydrogen-bond acceptors (Lipinski definition) is 4. The number of nitriles is 2. The number of pyridine rings is 1. The highest BCUT2D eigenvalue weighted by molar-refractivity contribution is 5.38. The Bertz CT molecular complexity index is 471. The number of nitrogens with zero attached hydrogens (tertiary/aromatic N) is 3. The molecule has 6 heteroatoms. The molecular weight excluding hydrogens is 214 g/mol. The van der Waals surface area contributed by atoms with Gasteiger partial charge in [-0.1, -0.05) is 0 Å². The topological polar surface area (TPSA) is 86.5 Å². The molecule has 1 aromatic heterocycles. The lowest BCUT2D eigenvalue weighted by Gasteiger charge is -2.08. The van der Waals surface area contributed by atoms with E-state index in [0.29, 0.717) is 5.56 Å². The van der Waals surface area contributed by atoms with Gasteiger partial charge in [0.1, 0.15) is 17.5 Å². The molecule has 16 heavy (non-hydrogen) atoms. The van der Waals surface area contributed by atoms with Gasteiger partial charge in [0.05, 0.1) is 12.5 Å². The van der Waals surface area contributed by atoms with Gasteiger partial charge in [-0.25, -0.2) is 13.8 Å². The summed E-state index contributed by atoms with van der Waals surface area (Å²) in [6, 6.07) is 4.82. The fourth-order valence-corrected chi connectivity index (χ4v) is 1.28. The predicted molar refractivity (Wildman–Crippen MR) is 51.1 cm³/mol. The number of halogens is 2. The Kier molecular flexibility index (Phi) is 3.87. The lowest BCUT2D eigenvalue weighted by molar-refractivity contribution is 0.145. The van der Waals surface area contributed by atoms with Crippen LogP contribution in [0.2, 0.25) is 0 Å². The summed E-state index contributed by atoms with van der Waals surface area (Å²) < 4.78 is 25.2. The quantitative estimate of drug-likeness (QED) is 0.837. The van der Waals surface area contributed by atoms with Gasteiger partial charge in [-0.3, -0.25) is 0 Å². The minimum Gasteiger partial charge on any atom is -0.326 e. The van der Waals surface area contributed by atoms with Crippen LogP contribution in [0.1, 0.15) is 28.9 Å². The Labute approximate surface area is 90.9 Å². The Morgan fingerprint density at radius 3 is 2.50 bits per heavy atom. The molecule has 0 aliphatic heterocycles. The molecule has 1 aromatic rings. The maximum Gasteiger partial charge on any atom is 0.280 e. The minimum absolute atomic E-state index is 0.0256. The van der Waals surface area contributed by atoms with E-state index in [-0.39, 0.29) is 24.2 Å². The van der Waals surface area contributed by atoms with Crippen LogP contribution in [-0.2, 0) is 13.0 Å². The average Bonchev–Trinajstić information content (AvgIpc) is 2.28. The number of alkyl halides is 2. The first-order valence-electron chi connectivity index (χ1n) is 4.42. The van der Waals surface area contributed by atoms with Crippen molar-refractivity contribution in [2.75, 3.05) is 0 Å². The van der Waals surface area contributed by atoms with E-state index in [2.05, 4.69) is 4.98 Å². The van der Waals surface area contributed by atoms with Gasteiger partial charge in [-0.2, -0.15) is 10.5 Å². The van der Waals surface area contributed by atoms with Crippen molar-refractivity contribution in [3.05, 3.63) is 28.6 Å². The van der Waals surface area contributed by atoms with Gasteiger partial charge in [0, 0.05) is 12.1 Å². The smallest absolute Gasteiger partial charge is 0.280 e. The molecule has 0 saturated carbocycles.